The molecule has 12 aromatic rings. The van der Waals surface area contributed by atoms with Crippen molar-refractivity contribution in [3.8, 4) is 120 Å². The molecule has 0 bridgehead atoms. The fourth-order valence-corrected chi connectivity index (χ4v) is 18.0. The van der Waals surface area contributed by atoms with E-state index in [1.165, 1.54) is 16.7 Å². The second-order valence-electron chi connectivity index (χ2n) is 38.9. The molecular weight excluding hydrogens is 1870 g/mol. The summed E-state index contributed by atoms with van der Waals surface area (Å²) >= 11 is 20.8. The summed E-state index contributed by atoms with van der Waals surface area (Å²) < 4.78 is 81.2. The van der Waals surface area contributed by atoms with Crippen LogP contribution in [-0.4, -0.2) is 56.0 Å². The molecule has 136 heavy (non-hydrogen) atoms. The van der Waals surface area contributed by atoms with Crippen molar-refractivity contribution >= 4 is 75.9 Å². The van der Waals surface area contributed by atoms with Gasteiger partial charge in [-0.25, -0.2) is 0 Å². The van der Waals surface area contributed by atoms with Crippen LogP contribution in [0.3, 0.4) is 0 Å². The molecule has 0 fully saturated rings. The Bertz CT molecular complexity index is 5630. The van der Waals surface area contributed by atoms with Crippen LogP contribution in [0.15, 0.2) is 194 Å². The van der Waals surface area contributed by atoms with Crippen molar-refractivity contribution in [3.63, 3.8) is 0 Å². The average molecular weight is 2010 g/mol. The lowest BCUT2D eigenvalue weighted by molar-refractivity contribution is 0.374. The monoisotopic (exact) mass is 2010 g/mol. The van der Waals surface area contributed by atoms with Gasteiger partial charge in [-0.15, -0.1) is 0 Å². The molecule has 25 heteroatoms. The van der Waals surface area contributed by atoms with Crippen molar-refractivity contribution in [1.82, 2.24) is 0 Å². The summed E-state index contributed by atoms with van der Waals surface area (Å²) in [6, 6.07) is 62.3. The van der Waals surface area contributed by atoms with Crippen LogP contribution in [0.5, 0.6) is 97.7 Å². The van der Waals surface area contributed by atoms with Crippen molar-refractivity contribution in [2.45, 2.75) is 228 Å². The highest BCUT2D eigenvalue weighted by Gasteiger charge is 2.37. The molecule has 4 N–H and O–H groups in total. The summed E-state index contributed by atoms with van der Waals surface area (Å²) in [6.45, 7) is 59.6. The van der Waals surface area contributed by atoms with Crippen LogP contribution in [-0.2, 0) is 27.1 Å². The van der Waals surface area contributed by atoms with Crippen LogP contribution < -0.4 is 59.9 Å². The number of halogens is 4. The first-order valence-corrected chi connectivity index (χ1v) is 52.8. The Labute approximate surface area is 833 Å². The maximum Gasteiger partial charge on any atom is 0.530 e. The number of benzene rings is 12. The Kier molecular flexibility index (Phi) is 41.3. The normalized spacial score (nSPS) is 11.4. The number of hydrogen-bond acceptors (Lipinski definition) is 17. The lowest BCUT2D eigenvalue weighted by Gasteiger charge is -2.30. The predicted molar refractivity (Wildman–Crippen MR) is 571 cm³/mol. The lowest BCUT2D eigenvalue weighted by Crippen LogP contribution is -2.17. The van der Waals surface area contributed by atoms with Gasteiger partial charge in [0.1, 0.15) is 97.7 Å². The Hall–Kier alpha value is -9.88. The Morgan fingerprint density at radius 1 is 0.221 bits per heavy atom. The number of ether oxygens (including phenoxy) is 5. The van der Waals surface area contributed by atoms with E-state index < -0.39 is 41.7 Å². The van der Waals surface area contributed by atoms with Gasteiger partial charge in [0.15, 0.2) is 5.98 Å². The van der Waals surface area contributed by atoms with Gasteiger partial charge in [0, 0.05) is 50.1 Å². The van der Waals surface area contributed by atoms with Crippen LogP contribution in [0, 0.1) is 96.9 Å². The summed E-state index contributed by atoms with van der Waals surface area (Å²) in [5.41, 5.74) is 20.0. The lowest BCUT2D eigenvalue weighted by atomic mass is 9.81. The number of methoxy groups -OCH3 is 5. The van der Waals surface area contributed by atoms with Gasteiger partial charge in [0.05, 0.1) is 35.5 Å². The molecule has 0 unspecified atom stereocenters. The van der Waals surface area contributed by atoms with Gasteiger partial charge in [-0.1, -0.05) is 261 Å². The van der Waals surface area contributed by atoms with E-state index in [4.69, 9.17) is 110 Å². The number of phenols is 4. The van der Waals surface area contributed by atoms with Crippen LogP contribution in [0.1, 0.15) is 210 Å². The van der Waals surface area contributed by atoms with Gasteiger partial charge in [0.2, 0.25) is 0 Å². The van der Waals surface area contributed by atoms with Crippen molar-refractivity contribution in [1.29, 1.82) is 0 Å². The smallest absolute Gasteiger partial charge is 0.508 e. The summed E-state index contributed by atoms with van der Waals surface area (Å²) in [5.74, 6) is 8.33. The van der Waals surface area contributed by atoms with Crippen molar-refractivity contribution < 1.29 is 80.3 Å². The van der Waals surface area contributed by atoms with E-state index >= 15 is 0 Å². The molecule has 0 aliphatic carbocycles. The summed E-state index contributed by atoms with van der Waals surface area (Å²) in [6.07, 6.45) is 0. The zero-order chi connectivity index (χ0) is 102. The number of rotatable bonds is 23. The molecule has 0 amide bonds. The fraction of sp³-hybridized carbons (Fsp3) is 0.351. The van der Waals surface area contributed by atoms with E-state index in [1.807, 2.05) is 238 Å². The molecule has 0 aliphatic rings. The SMILES string of the molecule is COc1cc(-c2cc(OC)cc(C(C)(C)C)c2O)c(O)c(C(C)(C)C)c1.COc1cc(-c2cc(OC)cc(C(C)(C)C)c2OP(Oc2ccc(C)cc2C)Oc2ccc(C)cc2C)c(OP(Oc2ccc(C)cc2C)Oc2ccc(C)cc2C)c(C(C)(C)C)c1.COc1ccc(O)c(C(C)(C)C)c1.Cc1ccc(O)c(C)c1.Cc1ccc(OP(Cl)Oc2ccc(C)cc2C)c(C)c1.ClP(Cl)Cl. The van der Waals surface area contributed by atoms with Crippen LogP contribution in [0.2, 0.25) is 0 Å². The number of aromatic hydroxyl groups is 4. The molecule has 12 aromatic carbocycles. The first-order valence-electron chi connectivity index (χ1n) is 44.5. The summed E-state index contributed by atoms with van der Waals surface area (Å²) in [5, 5.41) is 40.6. The molecule has 0 aliphatic heterocycles. The molecule has 0 atom stereocenters. The van der Waals surface area contributed by atoms with E-state index in [-0.39, 0.29) is 27.7 Å². The number of aryl methyl sites for hydroxylation is 14. The molecule has 17 nitrogen and oxygen atoms in total. The molecule has 0 aromatic heterocycles. The van der Waals surface area contributed by atoms with Gasteiger partial charge in [-0.3, -0.25) is 0 Å². The third kappa shape index (κ3) is 33.2. The molecule has 12 rings (SSSR count). The third-order valence-corrected chi connectivity index (χ3v) is 24.9. The predicted octanol–water partition coefficient (Wildman–Crippen LogP) is 34.8. The number of hydrogen-bond donors (Lipinski definition) is 4. The van der Waals surface area contributed by atoms with E-state index in [9.17, 15) is 15.3 Å². The molecule has 0 saturated heterocycles. The topological polar surface area (TPSA) is 201 Å². The van der Waals surface area contributed by atoms with Gasteiger partial charge >= 0.3 is 24.9 Å². The maximum atomic E-state index is 11.0. The van der Waals surface area contributed by atoms with Gasteiger partial charge in [-0.2, -0.15) is 0 Å². The number of phenolic OH excluding ortho intramolecular Hbond substituents is 4. The minimum absolute atomic E-state index is 0.0569. The van der Waals surface area contributed by atoms with E-state index in [1.54, 1.807) is 65.9 Å². The molecule has 0 saturated carbocycles. The standard InChI is InChI=1S/C54H64O8P2.C22H30O4.C16H18ClO2P.C11H16O2.C8H10O.Cl3P/c1-33-17-21-47(37(5)25-33)57-63(58-48-22-18-34(2)26-38(48)6)61-51-43(29-41(55-15)31-45(51)53(9,10)11)44-30-42(56-16)32-46(54(12,13)14)52(44)62-64(59-49-23-19-35(3)27-39(49)7)60-50-24-20-36(4)28-40(50)8;1-21(2,3)17-11-13(25-7)9-15(19(17)23)16-10-14(26-8)12-18(20(16)24)22(4,5)6;1-11-5-7-15(13(3)9-11)18-20(17)19-16-8-6-12(2)10-14(16)4;1-11(2,3)9-7-8(13-4)5-6-10(9)12;1-6-3-4-8(9)7(2)5-6;1-4(2)3/h17-32H,1-16H3;9-12,23-24H,1-8H3;5-10H,1-4H3;5-7,12H,1-4H3;3-5,9H,1-2H3;. The molecule has 732 valence electrons. The minimum atomic E-state index is -2.13. The van der Waals surface area contributed by atoms with E-state index in [0.717, 1.165) is 106 Å². The third-order valence-electron chi connectivity index (χ3n) is 21.8. The zero-order valence-corrected chi connectivity index (χ0v) is 92.0. The largest absolute Gasteiger partial charge is 0.530 e. The highest BCUT2D eigenvalue weighted by molar-refractivity contribution is 8.20. The highest BCUT2D eigenvalue weighted by Crippen LogP contribution is 2.58. The minimum Gasteiger partial charge on any atom is -0.508 e. The van der Waals surface area contributed by atoms with Crippen LogP contribution in [0.4, 0.5) is 0 Å². The first-order chi connectivity index (χ1) is 63.3. The van der Waals surface area contributed by atoms with Crippen LogP contribution >= 0.6 is 75.9 Å². The fourth-order valence-electron chi connectivity index (χ4n) is 14.4. The Morgan fingerprint density at radius 3 is 0.662 bits per heavy atom. The van der Waals surface area contributed by atoms with Gasteiger partial charge in [0.25, 0.3) is 0 Å². The second-order valence-corrected chi connectivity index (χ2v) is 47.5. The summed E-state index contributed by atoms with van der Waals surface area (Å²) in [4.78, 5) is 0. The second kappa shape index (κ2) is 49.6. The summed E-state index contributed by atoms with van der Waals surface area (Å²) in [7, 11) is 2.37. The van der Waals surface area contributed by atoms with Gasteiger partial charge in [-0.05, 0) is 283 Å². The molecular formula is C111H138Cl4O17P4. The average Bonchev–Trinajstić information content (AvgIpc) is 0.748. The van der Waals surface area contributed by atoms with Crippen molar-refractivity contribution in [3.05, 3.63) is 300 Å². The molecule has 0 spiro atoms. The van der Waals surface area contributed by atoms with E-state index in [0.29, 0.717) is 91.2 Å². The Morgan fingerprint density at radius 2 is 0.434 bits per heavy atom. The quantitative estimate of drug-likeness (QED) is 0.0440. The molecule has 0 heterocycles. The van der Waals surface area contributed by atoms with E-state index in [2.05, 4.69) is 126 Å². The molecule has 0 radical (unpaired) electrons. The zero-order valence-electron chi connectivity index (χ0n) is 85.4. The van der Waals surface area contributed by atoms with Crippen LogP contribution in [0.25, 0.3) is 22.3 Å². The van der Waals surface area contributed by atoms with Gasteiger partial charge < -0.3 is 80.3 Å². The first kappa shape index (κ1) is 113. The maximum absolute atomic E-state index is 11.0. The van der Waals surface area contributed by atoms with Crippen molar-refractivity contribution in [2.24, 2.45) is 0 Å². The highest BCUT2D eigenvalue weighted by atomic mass is 36.0. The van der Waals surface area contributed by atoms with Crippen molar-refractivity contribution in [2.75, 3.05) is 35.5 Å². The Balaban J connectivity index is 0.000000281.